The molecule has 0 heterocycles. The van der Waals surface area contributed by atoms with Crippen molar-refractivity contribution in [1.29, 1.82) is 0 Å². The molecule has 2 atom stereocenters. The average molecular weight is 160 g/mol. The van der Waals surface area contributed by atoms with Crippen molar-refractivity contribution >= 4 is 11.9 Å². The van der Waals surface area contributed by atoms with Crippen molar-refractivity contribution in [2.75, 3.05) is 0 Å². The monoisotopic (exact) mass is 160 g/mol. The molecule has 5 heteroatoms. The Labute approximate surface area is 64.6 Å². The zero-order chi connectivity index (χ0) is 9.02. The third-order valence-corrected chi connectivity index (χ3v) is 1.25. The van der Waals surface area contributed by atoms with Crippen LogP contribution in [0.15, 0.2) is 0 Å². The molecule has 64 valence electrons. The van der Waals surface area contributed by atoms with E-state index in [1.165, 1.54) is 6.92 Å². The highest BCUT2D eigenvalue weighted by Crippen LogP contribution is 1.88. The molecule has 0 radical (unpaired) electrons. The lowest BCUT2D eigenvalue weighted by atomic mass is 10.1. The van der Waals surface area contributed by atoms with Crippen molar-refractivity contribution in [3.63, 3.8) is 0 Å². The highest BCUT2D eigenvalue weighted by Gasteiger charge is 2.19. The molecule has 0 rings (SSSR count). The van der Waals surface area contributed by atoms with Crippen molar-refractivity contribution in [1.82, 2.24) is 5.32 Å². The van der Waals surface area contributed by atoms with Gasteiger partial charge < -0.3 is 16.2 Å². The van der Waals surface area contributed by atoms with Crippen molar-refractivity contribution in [3.05, 3.63) is 0 Å². The normalized spacial score (nSPS) is 15.2. The molecule has 4 N–H and O–H groups in total. The molecule has 0 saturated heterocycles. The molecule has 1 amide bonds. The molecule has 11 heavy (non-hydrogen) atoms. The summed E-state index contributed by atoms with van der Waals surface area (Å²) in [5.41, 5.74) is 5.19. The maximum Gasteiger partial charge on any atom is 0.322 e. The molecule has 0 bridgehead atoms. The van der Waals surface area contributed by atoms with Gasteiger partial charge in [-0.3, -0.25) is 9.59 Å². The quantitative estimate of drug-likeness (QED) is 0.489. The minimum absolute atomic E-state index is 0.283. The predicted molar refractivity (Wildman–Crippen MR) is 38.9 cm³/mol. The van der Waals surface area contributed by atoms with E-state index in [2.05, 4.69) is 5.32 Å². The van der Waals surface area contributed by atoms with Gasteiger partial charge in [-0.15, -0.1) is 0 Å². The molecule has 0 fully saturated rings. The maximum absolute atomic E-state index is 10.4. The second kappa shape index (κ2) is 3.92. The summed E-state index contributed by atoms with van der Waals surface area (Å²) in [6.45, 7) is 2.85. The smallest absolute Gasteiger partial charge is 0.322 e. The summed E-state index contributed by atoms with van der Waals surface area (Å²) in [5, 5.41) is 10.8. The van der Waals surface area contributed by atoms with Gasteiger partial charge in [0.15, 0.2) is 0 Å². The second-order valence-electron chi connectivity index (χ2n) is 2.35. The molecule has 0 spiro atoms. The number of carboxylic acids is 1. The fourth-order valence-corrected chi connectivity index (χ4v) is 0.624. The van der Waals surface area contributed by atoms with Crippen LogP contribution >= 0.6 is 0 Å². The van der Waals surface area contributed by atoms with Gasteiger partial charge in [-0.05, 0) is 6.92 Å². The first-order chi connectivity index (χ1) is 4.95. The van der Waals surface area contributed by atoms with Gasteiger partial charge >= 0.3 is 5.97 Å². The Morgan fingerprint density at radius 1 is 1.55 bits per heavy atom. The van der Waals surface area contributed by atoms with E-state index < -0.39 is 18.1 Å². The summed E-state index contributed by atoms with van der Waals surface area (Å²) in [6, 6.07) is -1.58. The van der Waals surface area contributed by atoms with E-state index in [4.69, 9.17) is 10.8 Å². The van der Waals surface area contributed by atoms with Crippen molar-refractivity contribution in [2.24, 2.45) is 5.73 Å². The SMILES string of the molecule is CC(=O)N[C@H](C)[C@H](N)C(=O)O. The van der Waals surface area contributed by atoms with E-state index in [1.54, 1.807) is 6.92 Å². The first kappa shape index (κ1) is 9.90. The Bertz CT molecular complexity index is 169. The maximum atomic E-state index is 10.4. The first-order valence-electron chi connectivity index (χ1n) is 3.20. The molecule has 0 aromatic heterocycles. The Kier molecular flexibility index (Phi) is 3.53. The topological polar surface area (TPSA) is 92.4 Å². The fraction of sp³-hybridized carbons (Fsp3) is 0.667. The Morgan fingerprint density at radius 2 is 2.00 bits per heavy atom. The van der Waals surface area contributed by atoms with Gasteiger partial charge in [0.2, 0.25) is 5.91 Å². The fourth-order valence-electron chi connectivity index (χ4n) is 0.624. The van der Waals surface area contributed by atoms with Crippen LogP contribution in [0.2, 0.25) is 0 Å². The van der Waals surface area contributed by atoms with Crippen LogP contribution in [0.25, 0.3) is 0 Å². The van der Waals surface area contributed by atoms with Crippen LogP contribution in [0.4, 0.5) is 0 Å². The first-order valence-corrected chi connectivity index (χ1v) is 3.20. The lowest BCUT2D eigenvalue weighted by Crippen LogP contribution is -2.49. The molecule has 0 saturated carbocycles. The van der Waals surface area contributed by atoms with Crippen LogP contribution in [-0.4, -0.2) is 29.1 Å². The number of carbonyl (C=O) groups excluding carboxylic acids is 1. The van der Waals surface area contributed by atoms with Gasteiger partial charge in [-0.1, -0.05) is 0 Å². The number of hydrogen-bond donors (Lipinski definition) is 3. The number of carbonyl (C=O) groups is 2. The molecule has 0 aliphatic heterocycles. The van der Waals surface area contributed by atoms with Crippen molar-refractivity contribution in [3.8, 4) is 0 Å². The predicted octanol–water partition coefficient (Wildman–Crippen LogP) is -1.08. The van der Waals surface area contributed by atoms with Gasteiger partial charge in [0.05, 0.1) is 6.04 Å². The third-order valence-electron chi connectivity index (χ3n) is 1.25. The van der Waals surface area contributed by atoms with E-state index in [1.807, 2.05) is 0 Å². The molecule has 0 aliphatic carbocycles. The molecule has 0 aromatic carbocycles. The Balaban J connectivity index is 3.92. The minimum Gasteiger partial charge on any atom is -0.480 e. The average Bonchev–Trinajstić information content (AvgIpc) is 1.84. The number of nitrogens with two attached hydrogens (primary N) is 1. The van der Waals surface area contributed by atoms with Crippen LogP contribution in [0, 0.1) is 0 Å². The standard InChI is InChI=1S/C6H12N2O3/c1-3(8-4(2)9)5(7)6(10)11/h3,5H,7H2,1-2H3,(H,8,9)(H,10,11)/t3-,5+/m1/s1. The van der Waals surface area contributed by atoms with E-state index >= 15 is 0 Å². The van der Waals surface area contributed by atoms with E-state index in [9.17, 15) is 9.59 Å². The molecule has 0 unspecified atom stereocenters. The molecule has 5 nitrogen and oxygen atoms in total. The van der Waals surface area contributed by atoms with Crippen LogP contribution < -0.4 is 11.1 Å². The van der Waals surface area contributed by atoms with Crippen LogP contribution in [0.3, 0.4) is 0 Å². The van der Waals surface area contributed by atoms with E-state index in [0.717, 1.165) is 0 Å². The zero-order valence-electron chi connectivity index (χ0n) is 6.50. The summed E-state index contributed by atoms with van der Waals surface area (Å²) in [6.07, 6.45) is 0. The number of aliphatic carboxylic acids is 1. The molecule has 0 aliphatic rings. The van der Waals surface area contributed by atoms with Crippen LogP contribution in [0.5, 0.6) is 0 Å². The summed E-state index contributed by atoms with van der Waals surface area (Å²) in [5.74, 6) is -1.40. The summed E-state index contributed by atoms with van der Waals surface area (Å²) in [7, 11) is 0. The van der Waals surface area contributed by atoms with Crippen molar-refractivity contribution in [2.45, 2.75) is 25.9 Å². The lowest BCUT2D eigenvalue weighted by molar-refractivity contribution is -0.139. The number of carboxylic acid groups (broad SMARTS) is 1. The minimum atomic E-state index is -1.12. The van der Waals surface area contributed by atoms with Gasteiger partial charge in [-0.2, -0.15) is 0 Å². The van der Waals surface area contributed by atoms with Gasteiger partial charge in [0.25, 0.3) is 0 Å². The number of amides is 1. The summed E-state index contributed by atoms with van der Waals surface area (Å²) in [4.78, 5) is 20.7. The van der Waals surface area contributed by atoms with Crippen LogP contribution in [0.1, 0.15) is 13.8 Å². The van der Waals surface area contributed by atoms with Crippen molar-refractivity contribution < 1.29 is 14.7 Å². The third kappa shape index (κ3) is 3.57. The highest BCUT2D eigenvalue weighted by molar-refractivity contribution is 5.77. The van der Waals surface area contributed by atoms with Gasteiger partial charge in [0, 0.05) is 6.92 Å². The summed E-state index contributed by atoms with van der Waals surface area (Å²) < 4.78 is 0. The van der Waals surface area contributed by atoms with E-state index in [0.29, 0.717) is 0 Å². The Morgan fingerprint density at radius 3 is 2.27 bits per heavy atom. The highest BCUT2D eigenvalue weighted by atomic mass is 16.4. The van der Waals surface area contributed by atoms with Crippen LogP contribution in [-0.2, 0) is 9.59 Å². The lowest BCUT2D eigenvalue weighted by Gasteiger charge is -2.15. The number of rotatable bonds is 3. The molecular formula is C6H12N2O3. The number of hydrogen-bond acceptors (Lipinski definition) is 3. The number of nitrogens with one attached hydrogen (secondary N) is 1. The zero-order valence-corrected chi connectivity index (χ0v) is 6.50. The van der Waals surface area contributed by atoms with E-state index in [-0.39, 0.29) is 5.91 Å². The van der Waals surface area contributed by atoms with Gasteiger partial charge in [-0.25, -0.2) is 0 Å². The Hall–Kier alpha value is -1.10. The van der Waals surface area contributed by atoms with Gasteiger partial charge in [0.1, 0.15) is 6.04 Å². The second-order valence-corrected chi connectivity index (χ2v) is 2.35. The summed E-state index contributed by atoms with van der Waals surface area (Å²) >= 11 is 0. The molecular weight excluding hydrogens is 148 g/mol. The largest absolute Gasteiger partial charge is 0.480 e. The molecule has 0 aromatic rings.